The van der Waals surface area contributed by atoms with Crippen molar-refractivity contribution in [3.8, 4) is 0 Å². The van der Waals surface area contributed by atoms with Gasteiger partial charge in [-0.2, -0.15) is 5.39 Å². The van der Waals surface area contributed by atoms with Crippen LogP contribution in [0, 0.1) is 0 Å². The van der Waals surface area contributed by atoms with Gasteiger partial charge in [-0.05, 0) is 0 Å². The highest BCUT2D eigenvalue weighted by Crippen LogP contribution is 1.98. The molecule has 0 amide bonds. The van der Waals surface area contributed by atoms with Gasteiger partial charge in [0, 0.05) is 0 Å². The molecule has 10 heavy (non-hydrogen) atoms. The van der Waals surface area contributed by atoms with Crippen LogP contribution >= 0.6 is 31.5 Å². The fraction of sp³-hybridized carbons (Fsp3) is 0.667. The smallest absolute Gasteiger partial charge is 0.356 e. The van der Waals surface area contributed by atoms with E-state index in [2.05, 4.69) is 19.3 Å². The Labute approximate surface area is 75.2 Å². The van der Waals surface area contributed by atoms with Gasteiger partial charge in [-0.1, -0.05) is 0 Å². The van der Waals surface area contributed by atoms with Crippen molar-refractivity contribution < 1.29 is 14.7 Å². The van der Waals surface area contributed by atoms with Crippen LogP contribution in [0.1, 0.15) is 6.42 Å². The van der Waals surface area contributed by atoms with E-state index in [1.54, 1.807) is 0 Å². The lowest BCUT2D eigenvalue weighted by molar-refractivity contribution is -0.147. The first-order valence-corrected chi connectivity index (χ1v) is 4.53. The first-order valence-electron chi connectivity index (χ1n) is 2.62. The van der Waals surface area contributed by atoms with Crippen molar-refractivity contribution >= 4 is 41.9 Å². The second kappa shape index (κ2) is 6.33. The maximum absolute atomic E-state index is 10.5. The highest BCUT2D eigenvalue weighted by molar-refractivity contribution is 14.1. The molecule has 0 radical (unpaired) electrons. The van der Waals surface area contributed by atoms with Gasteiger partial charge in [0.2, 0.25) is 0 Å². The molecule has 0 aliphatic carbocycles. The fourth-order valence-corrected chi connectivity index (χ4v) is 0.460. The Morgan fingerprint density at radius 1 is 1.90 bits per heavy atom. The third kappa shape index (κ3) is 6.73. The number of hydrogen-bond acceptors (Lipinski definition) is 4. The SMILES string of the molecule is O=C(CCO)ONB(P)I. The molecule has 0 heterocycles. The van der Waals surface area contributed by atoms with Crippen molar-refractivity contribution in [1.29, 1.82) is 0 Å². The van der Waals surface area contributed by atoms with Crippen LogP contribution in [0.3, 0.4) is 0 Å². The van der Waals surface area contributed by atoms with Gasteiger partial charge in [0.1, 0.15) is 0 Å². The number of nitrogens with one attached hydrogen (secondary N) is 1. The minimum atomic E-state index is -0.452. The Hall–Kier alpha value is 0.615. The maximum Gasteiger partial charge on any atom is 0.356 e. The molecule has 2 N–H and O–H groups in total. The van der Waals surface area contributed by atoms with Gasteiger partial charge in [0.05, 0.1) is 13.0 Å². The molecule has 1 atom stereocenters. The molecule has 4 nitrogen and oxygen atoms in total. The highest BCUT2D eigenvalue weighted by atomic mass is 127. The number of carbonyl (C=O) groups is 1. The number of halogens is 1. The van der Waals surface area contributed by atoms with Gasteiger partial charge in [0.25, 0.3) is 0 Å². The Morgan fingerprint density at radius 3 is 2.90 bits per heavy atom. The van der Waals surface area contributed by atoms with Crippen LogP contribution in [-0.4, -0.2) is 22.1 Å². The summed E-state index contributed by atoms with van der Waals surface area (Å²) in [6, 6.07) is 0. The normalized spacial score (nSPS) is 9.10. The van der Waals surface area contributed by atoms with E-state index >= 15 is 0 Å². The van der Waals surface area contributed by atoms with E-state index in [1.165, 1.54) is 0 Å². The number of rotatable bonds is 4. The standard InChI is InChI=1S/C3H8BINO3P/c5-4(10)6-9-3(8)1-2-7/h6-7H,1-2,10H2. The molecule has 0 aliphatic heterocycles. The Bertz CT molecular complexity index is 114. The van der Waals surface area contributed by atoms with Crippen LogP contribution < -0.4 is 5.39 Å². The molecule has 0 aliphatic rings. The van der Waals surface area contributed by atoms with E-state index in [0.717, 1.165) is 0 Å². The van der Waals surface area contributed by atoms with E-state index in [1.807, 2.05) is 22.4 Å². The van der Waals surface area contributed by atoms with Crippen molar-refractivity contribution in [1.82, 2.24) is 5.39 Å². The third-order valence-electron chi connectivity index (χ3n) is 0.601. The van der Waals surface area contributed by atoms with Crippen LogP contribution in [0.2, 0.25) is 0 Å². The molecule has 0 spiro atoms. The summed E-state index contributed by atoms with van der Waals surface area (Å²) in [5.74, 6) is -0.452. The number of hydrogen-bond donors (Lipinski definition) is 2. The van der Waals surface area contributed by atoms with Gasteiger partial charge in [-0.25, -0.2) is 0 Å². The molecule has 58 valence electrons. The molecule has 0 saturated carbocycles. The van der Waals surface area contributed by atoms with Crippen LogP contribution in [0.4, 0.5) is 0 Å². The summed E-state index contributed by atoms with van der Waals surface area (Å²) in [6.45, 7) is -0.177. The predicted octanol–water partition coefficient (Wildman–Crippen LogP) is -0.288. The van der Waals surface area contributed by atoms with E-state index in [9.17, 15) is 4.79 Å². The minimum absolute atomic E-state index is 0.000225. The van der Waals surface area contributed by atoms with Crippen molar-refractivity contribution in [2.24, 2.45) is 0 Å². The Morgan fingerprint density at radius 2 is 2.50 bits per heavy atom. The molecule has 0 aromatic carbocycles. The van der Waals surface area contributed by atoms with E-state index in [-0.39, 0.29) is 17.5 Å². The number of carbonyl (C=O) groups excluding carboxylic acids is 1. The molecule has 0 fully saturated rings. The van der Waals surface area contributed by atoms with E-state index in [0.29, 0.717) is 0 Å². The molecular weight excluding hydrogens is 267 g/mol. The van der Waals surface area contributed by atoms with Crippen molar-refractivity contribution in [3.63, 3.8) is 0 Å². The van der Waals surface area contributed by atoms with E-state index in [4.69, 9.17) is 5.11 Å². The third-order valence-corrected chi connectivity index (χ3v) is 0.992. The van der Waals surface area contributed by atoms with Crippen LogP contribution in [0.25, 0.3) is 0 Å². The summed E-state index contributed by atoms with van der Waals surface area (Å²) < 4.78 is 0.000225. The molecule has 0 rings (SSSR count). The van der Waals surface area contributed by atoms with E-state index < -0.39 is 5.97 Å². The molecule has 7 heteroatoms. The Balaban J connectivity index is 3.22. The van der Waals surface area contributed by atoms with Gasteiger partial charge in [-0.3, -0.25) is 4.79 Å². The monoisotopic (exact) mass is 275 g/mol. The number of aliphatic hydroxyl groups excluding tert-OH is 1. The summed E-state index contributed by atoms with van der Waals surface area (Å²) in [6.07, 6.45) is 0.0288. The summed E-state index contributed by atoms with van der Waals surface area (Å²) in [5, 5.41) is 10.7. The zero-order valence-electron chi connectivity index (χ0n) is 5.21. The van der Waals surface area contributed by atoms with Crippen molar-refractivity contribution in [3.05, 3.63) is 0 Å². The first kappa shape index (κ1) is 10.6. The highest BCUT2D eigenvalue weighted by Gasteiger charge is 2.05. The summed E-state index contributed by atoms with van der Waals surface area (Å²) >= 11 is 2.02. The quantitative estimate of drug-likeness (QED) is 0.320. The largest absolute Gasteiger partial charge is 0.396 e. The molecular formula is C3H8BINO3P. The van der Waals surface area contributed by atoms with Crippen LogP contribution in [-0.2, 0) is 9.63 Å². The lowest BCUT2D eigenvalue weighted by atomic mass is 10.4. The van der Waals surface area contributed by atoms with Crippen molar-refractivity contribution in [2.75, 3.05) is 6.61 Å². The van der Waals surface area contributed by atoms with Gasteiger partial charge >= 0.3 is 10.4 Å². The summed E-state index contributed by atoms with van der Waals surface area (Å²) in [5.41, 5.74) is 0. The molecule has 1 unspecified atom stereocenters. The lowest BCUT2D eigenvalue weighted by Crippen LogP contribution is -2.26. The minimum Gasteiger partial charge on any atom is -0.396 e. The zero-order valence-corrected chi connectivity index (χ0v) is 8.52. The Kier molecular flexibility index (Phi) is 6.72. The summed E-state index contributed by atoms with van der Waals surface area (Å²) in [4.78, 5) is 15.0. The topological polar surface area (TPSA) is 58.6 Å². The number of aliphatic hydroxyl groups is 1. The zero-order chi connectivity index (χ0) is 7.98. The lowest BCUT2D eigenvalue weighted by Gasteiger charge is -2.03. The van der Waals surface area contributed by atoms with Gasteiger partial charge < -0.3 is 9.94 Å². The average Bonchev–Trinajstić information content (AvgIpc) is 1.85. The summed E-state index contributed by atoms with van der Waals surface area (Å²) in [7, 11) is 2.40. The van der Waals surface area contributed by atoms with Crippen LogP contribution in [0.15, 0.2) is 0 Å². The second-order valence-electron chi connectivity index (χ2n) is 1.47. The fourth-order valence-electron chi connectivity index (χ4n) is 0.264. The predicted molar refractivity (Wildman–Crippen MR) is 50.4 cm³/mol. The molecule has 0 bridgehead atoms. The molecule has 0 aromatic heterocycles. The van der Waals surface area contributed by atoms with Gasteiger partial charge in [0.15, 0.2) is 0 Å². The molecule has 0 aromatic rings. The average molecular weight is 275 g/mol. The second-order valence-corrected chi connectivity index (χ2v) is 4.83. The van der Waals surface area contributed by atoms with Crippen molar-refractivity contribution in [2.45, 2.75) is 6.42 Å². The van der Waals surface area contributed by atoms with Crippen LogP contribution in [0.5, 0.6) is 0 Å². The first-order chi connectivity index (χ1) is 4.66. The molecule has 0 saturated heterocycles. The van der Waals surface area contributed by atoms with Gasteiger partial charge in [-0.15, -0.1) is 31.5 Å². The maximum atomic E-state index is 10.5.